The van der Waals surface area contributed by atoms with E-state index in [9.17, 15) is 60.7 Å². The van der Waals surface area contributed by atoms with Gasteiger partial charge in [0.1, 0.15) is 107 Å². The minimum Gasteiger partial charge on any atom is -0.508 e. The van der Waals surface area contributed by atoms with E-state index in [0.717, 1.165) is 48.5 Å². The summed E-state index contributed by atoms with van der Waals surface area (Å²) in [5.74, 6) is -12.3. The summed E-state index contributed by atoms with van der Waals surface area (Å²) in [6.07, 6.45) is -13.6. The molecule has 1 saturated heterocycles. The van der Waals surface area contributed by atoms with Crippen molar-refractivity contribution in [3.05, 3.63) is 164 Å². The Labute approximate surface area is 551 Å². The number of halogens is 2. The maximum atomic E-state index is 16.0. The second-order valence-electron chi connectivity index (χ2n) is 23.1. The number of phenols is 5. The molecule has 7 aromatic rings. The summed E-state index contributed by atoms with van der Waals surface area (Å²) in [5, 5.41) is 129. The lowest BCUT2D eigenvalue weighted by atomic mass is 9.91. The van der Waals surface area contributed by atoms with E-state index in [0.29, 0.717) is 5.56 Å². The molecule has 29 nitrogen and oxygen atoms in total. The van der Waals surface area contributed by atoms with E-state index < -0.39 is 184 Å². The molecule has 16 N–H and O–H groups in total. The number of phenolic OH excluding ortho intramolecular Hbond substituents is 5. The summed E-state index contributed by atoms with van der Waals surface area (Å²) in [4.78, 5) is 95.9. The number of likely N-dealkylation sites (N-methyl/N-ethyl adjacent to an activating group) is 1. The van der Waals surface area contributed by atoms with Gasteiger partial charge in [-0.2, -0.15) is 0 Å². The molecular formula is C65H55Cl2N7O22. The normalized spacial score (nSPS) is 26.1. The molecule has 31 heteroatoms. The summed E-state index contributed by atoms with van der Waals surface area (Å²) in [6, 6.07) is 12.4. The van der Waals surface area contributed by atoms with Crippen LogP contribution in [-0.4, -0.2) is 155 Å². The second kappa shape index (κ2) is 25.4. The molecule has 0 aliphatic carbocycles. The number of hydrogen-bond acceptors (Lipinski definition) is 24. The molecule has 496 valence electrons. The number of aliphatic hydroxyl groups is 5. The number of rotatable bonds is 4. The molecular weight excluding hydrogens is 1300 g/mol. The van der Waals surface area contributed by atoms with Crippen LogP contribution in [0, 0.1) is 0 Å². The van der Waals surface area contributed by atoms with Crippen molar-refractivity contribution in [3.63, 3.8) is 0 Å². The molecule has 8 heterocycles. The van der Waals surface area contributed by atoms with Gasteiger partial charge in [0.25, 0.3) is 0 Å². The fraction of sp³-hybridized carbons (Fsp3) is 0.246. The Kier molecular flexibility index (Phi) is 17.0. The number of carbonyl (C=O) groups excluding carboxylic acids is 6. The Morgan fingerprint density at radius 3 is 1.97 bits per heavy atom. The molecule has 96 heavy (non-hydrogen) atoms. The van der Waals surface area contributed by atoms with Gasteiger partial charge >= 0.3 is 5.97 Å². The molecule has 0 aromatic heterocycles. The minimum absolute atomic E-state index is 0.0350. The number of hydrogen-bond donors (Lipinski definition) is 16. The van der Waals surface area contributed by atoms with Gasteiger partial charge < -0.3 is 111 Å². The lowest BCUT2D eigenvalue weighted by Crippen LogP contribution is -2.60. The van der Waals surface area contributed by atoms with E-state index in [2.05, 4.69) is 36.9 Å². The van der Waals surface area contributed by atoms with E-state index in [4.69, 9.17) is 51.6 Å². The molecule has 19 bridgehead atoms. The van der Waals surface area contributed by atoms with Gasteiger partial charge in [-0.3, -0.25) is 24.0 Å². The quantitative estimate of drug-likeness (QED) is 0.113. The molecule has 0 spiro atoms. The molecule has 1 fully saturated rings. The lowest BCUT2D eigenvalue weighted by Gasteiger charge is -2.39. The van der Waals surface area contributed by atoms with Crippen LogP contribution in [0.25, 0.3) is 11.1 Å². The Bertz CT molecular complexity index is 4420. The van der Waals surface area contributed by atoms with Crippen molar-refractivity contribution in [1.29, 1.82) is 0 Å². The maximum absolute atomic E-state index is 16.0. The molecule has 0 radical (unpaired) electrons. The van der Waals surface area contributed by atoms with E-state index in [1.807, 2.05) is 0 Å². The Morgan fingerprint density at radius 1 is 0.583 bits per heavy atom. The number of aromatic hydroxyl groups is 5. The van der Waals surface area contributed by atoms with Crippen molar-refractivity contribution in [2.45, 2.75) is 85.7 Å². The summed E-state index contributed by atoms with van der Waals surface area (Å²) < 4.78 is 36.2. The number of fused-ring (bicyclic) bond motifs is 16. The van der Waals surface area contributed by atoms with E-state index in [1.54, 1.807) is 0 Å². The van der Waals surface area contributed by atoms with Crippen molar-refractivity contribution in [2.75, 3.05) is 13.7 Å². The van der Waals surface area contributed by atoms with Crippen LogP contribution in [0.3, 0.4) is 0 Å². The van der Waals surface area contributed by atoms with Gasteiger partial charge in [-0.25, -0.2) is 9.79 Å². The fourth-order valence-electron chi connectivity index (χ4n) is 12.0. The minimum atomic E-state index is -2.19. The van der Waals surface area contributed by atoms with Crippen LogP contribution >= 0.6 is 23.2 Å². The zero-order valence-electron chi connectivity index (χ0n) is 49.5. The number of esters is 1. The van der Waals surface area contributed by atoms with Crippen molar-refractivity contribution in [2.24, 2.45) is 4.99 Å². The Morgan fingerprint density at radius 2 is 1.24 bits per heavy atom. The molecule has 8 aliphatic heterocycles. The van der Waals surface area contributed by atoms with Crippen LogP contribution in [0.5, 0.6) is 69.0 Å². The highest BCUT2D eigenvalue weighted by atomic mass is 35.5. The third-order valence-electron chi connectivity index (χ3n) is 16.9. The van der Waals surface area contributed by atoms with Gasteiger partial charge in [0.05, 0.1) is 16.7 Å². The van der Waals surface area contributed by atoms with Crippen LogP contribution in [0.1, 0.15) is 69.2 Å². The number of ether oxygens (including phenoxy) is 6. The van der Waals surface area contributed by atoms with Crippen molar-refractivity contribution in [1.82, 2.24) is 31.9 Å². The molecule has 8 aliphatic rings. The molecule has 0 saturated carbocycles. The third-order valence-corrected chi connectivity index (χ3v) is 17.6. The first-order valence-corrected chi connectivity index (χ1v) is 30.2. The number of benzene rings is 7. The van der Waals surface area contributed by atoms with Crippen LogP contribution < -0.4 is 50.8 Å². The Hall–Kier alpha value is -10.5. The standard InChI is InChI=1S/C65H55Cl2N7O22/c1-68-47-25-5-10-37(78)40(15-25)92-30-20-33(46(67)38(79)21-30)50-62(89)71-49-27-16-42(91-29-7-2-23(3-8-29)12-35(58(85)72-50)69-59(47)86)54(81)43(17-27)93-39-11-6-26(14-34(39)66)53(80)52-63-74-51(64(90)96-63)32-18-28(76)19-41(94-65-57(84)56(83)55(82)44(22-75)95-65)45(32)31-13-24(4-9-36(31)77)48(60(87)73-52)70-61(49)88/h2-11,13-21,35,44,47-50,52-53,55-57,63,65,68,75-84H,12,22H2,1H3,(H,69,86)(H,70,88)(H,71,89)(H,72,85)(H,73,87). The molecule has 15 rings (SSSR count). The summed E-state index contributed by atoms with van der Waals surface area (Å²) in [6.45, 7) is -0.898. The predicted molar refractivity (Wildman–Crippen MR) is 330 cm³/mol. The molecule has 13 unspecified atom stereocenters. The maximum Gasteiger partial charge on any atom is 0.359 e. The smallest absolute Gasteiger partial charge is 0.359 e. The first-order valence-electron chi connectivity index (χ1n) is 29.4. The number of aliphatic imine (C=N–C) groups is 1. The van der Waals surface area contributed by atoms with Gasteiger partial charge in [0, 0.05) is 40.8 Å². The lowest BCUT2D eigenvalue weighted by molar-refractivity contribution is -0.277. The first-order chi connectivity index (χ1) is 45.9. The second-order valence-corrected chi connectivity index (χ2v) is 23.9. The van der Waals surface area contributed by atoms with Crippen molar-refractivity contribution < 1.29 is 108 Å². The molecule has 7 aromatic carbocycles. The number of amides is 5. The first kappa shape index (κ1) is 64.2. The highest BCUT2D eigenvalue weighted by Crippen LogP contribution is 2.49. The Balaban J connectivity index is 1.02. The van der Waals surface area contributed by atoms with Gasteiger partial charge in [0.15, 0.2) is 28.7 Å². The molecule has 13 atom stereocenters. The molecule has 5 amide bonds. The highest BCUT2D eigenvalue weighted by molar-refractivity contribution is 6.46. The summed E-state index contributed by atoms with van der Waals surface area (Å²) in [7, 11) is 1.46. The van der Waals surface area contributed by atoms with E-state index in [1.165, 1.54) is 73.8 Å². The number of aliphatic hydroxyl groups excluding tert-OH is 5. The fourth-order valence-corrected chi connectivity index (χ4v) is 12.5. The number of carbonyl (C=O) groups is 6. The topological polar surface area (TPSA) is 445 Å². The zero-order valence-corrected chi connectivity index (χ0v) is 51.0. The van der Waals surface area contributed by atoms with Gasteiger partial charge in [0.2, 0.25) is 47.8 Å². The van der Waals surface area contributed by atoms with Crippen LogP contribution in [0.2, 0.25) is 10.0 Å². The third kappa shape index (κ3) is 11.9. The highest BCUT2D eigenvalue weighted by Gasteiger charge is 2.47. The van der Waals surface area contributed by atoms with Crippen LogP contribution in [-0.2, 0) is 44.7 Å². The van der Waals surface area contributed by atoms with Crippen LogP contribution in [0.15, 0.2) is 120 Å². The van der Waals surface area contributed by atoms with Gasteiger partial charge in [-0.1, -0.05) is 53.5 Å². The SMILES string of the molecule is CNC1C(=O)NC2Cc3ccc(cc3)Oc3cc4cc(c3O)Oc3ccc(cc3Cl)C(O)C3NC(=O)C(NC(=O)C4NC(=O)C(NC2=O)c2cc(cc(O)c2Cl)Oc2cc1ccc2O)c1ccc(O)c(c1)-c1c(OC2OC(CO)C(O)C(O)C2O)cc(O)cc1C1=NC3OC1=O. The van der Waals surface area contributed by atoms with Crippen molar-refractivity contribution >= 4 is 64.4 Å². The monoisotopic (exact) mass is 1360 g/mol. The number of nitrogens with zero attached hydrogens (tertiary/aromatic N) is 1. The average Bonchev–Trinajstić information content (AvgIpc) is 1.41. The van der Waals surface area contributed by atoms with Crippen LogP contribution in [0.4, 0.5) is 0 Å². The van der Waals surface area contributed by atoms with E-state index in [-0.39, 0.29) is 73.4 Å². The van der Waals surface area contributed by atoms with Gasteiger partial charge in [-0.15, -0.1) is 0 Å². The van der Waals surface area contributed by atoms with E-state index >= 15 is 19.2 Å². The summed E-state index contributed by atoms with van der Waals surface area (Å²) >= 11 is 13.8. The average molecular weight is 1360 g/mol. The van der Waals surface area contributed by atoms with Gasteiger partial charge in [-0.05, 0) is 108 Å². The predicted octanol–water partition coefficient (Wildman–Crippen LogP) is 3.15. The summed E-state index contributed by atoms with van der Waals surface area (Å²) in [5.41, 5.74) is -2.08. The number of nitrogens with one attached hydrogen (secondary N) is 6. The van der Waals surface area contributed by atoms with Crippen molar-refractivity contribution in [3.8, 4) is 80.1 Å². The largest absolute Gasteiger partial charge is 0.508 e. The zero-order chi connectivity index (χ0) is 67.9.